The smallest absolute Gasteiger partial charge is 0.308 e. The second-order valence-electron chi connectivity index (χ2n) is 6.44. The van der Waals surface area contributed by atoms with Crippen molar-refractivity contribution in [3.8, 4) is 0 Å². The van der Waals surface area contributed by atoms with E-state index in [1.165, 1.54) is 25.7 Å². The minimum Gasteiger partial charge on any atom is -0.460 e. The number of ether oxygens (including phenoxy) is 1. The van der Waals surface area contributed by atoms with Crippen molar-refractivity contribution < 1.29 is 9.53 Å². The molecule has 5 nitrogen and oxygen atoms in total. The number of esters is 1. The third-order valence-electron chi connectivity index (χ3n) is 3.23. The molecule has 0 aromatic heterocycles. The Hall–Kier alpha value is -1.26. The molecule has 0 atom stereocenters. The van der Waals surface area contributed by atoms with Crippen molar-refractivity contribution in [1.29, 1.82) is 0 Å². The minimum atomic E-state index is -0.440. The molecule has 0 radical (unpaired) electrons. The number of rotatable bonds is 4. The highest BCUT2D eigenvalue weighted by Crippen LogP contribution is 2.16. The van der Waals surface area contributed by atoms with Gasteiger partial charge in [-0.3, -0.25) is 9.79 Å². The summed E-state index contributed by atoms with van der Waals surface area (Å²) in [6.07, 6.45) is 7.71. The second kappa shape index (κ2) is 8.12. The van der Waals surface area contributed by atoms with Crippen LogP contribution in [0.15, 0.2) is 4.99 Å². The first-order chi connectivity index (χ1) is 9.37. The van der Waals surface area contributed by atoms with Crippen LogP contribution in [0.3, 0.4) is 0 Å². The van der Waals surface area contributed by atoms with Gasteiger partial charge in [0, 0.05) is 6.04 Å². The maximum absolute atomic E-state index is 11.5. The molecule has 3 N–H and O–H groups in total. The molecule has 0 unspecified atom stereocenters. The predicted molar refractivity (Wildman–Crippen MR) is 81.6 cm³/mol. The molecule has 0 bridgehead atoms. The fourth-order valence-corrected chi connectivity index (χ4v) is 2.34. The summed E-state index contributed by atoms with van der Waals surface area (Å²) in [5.41, 5.74) is 5.42. The van der Waals surface area contributed by atoms with E-state index in [2.05, 4.69) is 10.3 Å². The Morgan fingerprint density at radius 2 is 1.85 bits per heavy atom. The van der Waals surface area contributed by atoms with E-state index in [9.17, 15) is 4.79 Å². The lowest BCUT2D eigenvalue weighted by atomic mass is 10.1. The zero-order valence-electron chi connectivity index (χ0n) is 13.1. The van der Waals surface area contributed by atoms with Gasteiger partial charge in [-0.25, -0.2) is 0 Å². The quantitative estimate of drug-likeness (QED) is 0.359. The van der Waals surface area contributed by atoms with E-state index in [1.54, 1.807) is 0 Å². The number of carbonyl (C=O) groups is 1. The summed E-state index contributed by atoms with van der Waals surface area (Å²) in [6.45, 7) is 5.95. The molecule has 116 valence electrons. The number of guanidine groups is 1. The molecular formula is C15H29N3O2. The average Bonchev–Trinajstić information content (AvgIpc) is 2.55. The Morgan fingerprint density at radius 1 is 1.25 bits per heavy atom. The third-order valence-corrected chi connectivity index (χ3v) is 3.23. The van der Waals surface area contributed by atoms with E-state index in [-0.39, 0.29) is 12.4 Å². The van der Waals surface area contributed by atoms with E-state index in [0.717, 1.165) is 12.8 Å². The number of nitrogens with zero attached hydrogens (tertiary/aromatic N) is 1. The number of hydrogen-bond donors (Lipinski definition) is 2. The molecule has 0 saturated heterocycles. The van der Waals surface area contributed by atoms with Gasteiger partial charge in [0.2, 0.25) is 0 Å². The van der Waals surface area contributed by atoms with Crippen molar-refractivity contribution in [1.82, 2.24) is 5.32 Å². The average molecular weight is 283 g/mol. The van der Waals surface area contributed by atoms with Gasteiger partial charge in [-0.2, -0.15) is 0 Å². The van der Waals surface area contributed by atoms with Gasteiger partial charge >= 0.3 is 5.97 Å². The monoisotopic (exact) mass is 283 g/mol. The van der Waals surface area contributed by atoms with Gasteiger partial charge in [-0.15, -0.1) is 0 Å². The highest BCUT2D eigenvalue weighted by atomic mass is 16.6. The van der Waals surface area contributed by atoms with Gasteiger partial charge in [-0.1, -0.05) is 25.7 Å². The lowest BCUT2D eigenvalue weighted by Gasteiger charge is -2.19. The third kappa shape index (κ3) is 8.02. The van der Waals surface area contributed by atoms with Crippen LogP contribution in [-0.4, -0.2) is 30.1 Å². The minimum absolute atomic E-state index is 0.233. The summed E-state index contributed by atoms with van der Waals surface area (Å²) in [6, 6.07) is 0.433. The van der Waals surface area contributed by atoms with Crippen molar-refractivity contribution in [2.24, 2.45) is 10.7 Å². The van der Waals surface area contributed by atoms with Gasteiger partial charge in [-0.05, 0) is 33.6 Å². The molecule has 20 heavy (non-hydrogen) atoms. The first-order valence-corrected chi connectivity index (χ1v) is 7.65. The van der Waals surface area contributed by atoms with Crippen LogP contribution in [0.25, 0.3) is 0 Å². The fourth-order valence-electron chi connectivity index (χ4n) is 2.34. The lowest BCUT2D eigenvalue weighted by Crippen LogP contribution is -2.40. The van der Waals surface area contributed by atoms with Crippen LogP contribution >= 0.6 is 0 Å². The summed E-state index contributed by atoms with van der Waals surface area (Å²) >= 11 is 0. The van der Waals surface area contributed by atoms with Crippen molar-refractivity contribution in [3.05, 3.63) is 0 Å². The number of carbonyl (C=O) groups excluding carboxylic acids is 1. The van der Waals surface area contributed by atoms with Gasteiger partial charge < -0.3 is 15.8 Å². The molecular weight excluding hydrogens is 254 g/mol. The van der Waals surface area contributed by atoms with Crippen LogP contribution in [0.2, 0.25) is 0 Å². The van der Waals surface area contributed by atoms with Crippen molar-refractivity contribution >= 4 is 11.9 Å². The molecule has 0 aromatic carbocycles. The van der Waals surface area contributed by atoms with Gasteiger partial charge in [0.05, 0.1) is 13.0 Å². The Labute approximate surface area is 122 Å². The lowest BCUT2D eigenvalue weighted by molar-refractivity contribution is -0.154. The van der Waals surface area contributed by atoms with Gasteiger partial charge in [0.1, 0.15) is 5.60 Å². The molecule has 5 heteroatoms. The number of hydrogen-bond acceptors (Lipinski definition) is 3. The van der Waals surface area contributed by atoms with Crippen LogP contribution < -0.4 is 11.1 Å². The fraction of sp³-hybridized carbons (Fsp3) is 0.867. The van der Waals surface area contributed by atoms with E-state index in [1.807, 2.05) is 20.8 Å². The number of nitrogens with two attached hydrogens (primary N) is 1. The standard InChI is InChI=1S/C15H29N3O2/c1-15(2,3)20-13(19)10-11-17-14(16)18-12-8-6-4-5-7-9-12/h12H,4-11H2,1-3H3,(H3,16,17,18). The zero-order chi connectivity index (χ0) is 15.0. The van der Waals surface area contributed by atoms with Gasteiger partial charge in [0.15, 0.2) is 5.96 Å². The van der Waals surface area contributed by atoms with E-state index in [4.69, 9.17) is 10.5 Å². The largest absolute Gasteiger partial charge is 0.460 e. The van der Waals surface area contributed by atoms with E-state index in [0.29, 0.717) is 18.5 Å². The molecule has 1 aliphatic carbocycles. The predicted octanol–water partition coefficient (Wildman–Crippen LogP) is 2.35. The van der Waals surface area contributed by atoms with Crippen molar-refractivity contribution in [2.45, 2.75) is 77.4 Å². The first-order valence-electron chi connectivity index (χ1n) is 7.65. The van der Waals surface area contributed by atoms with Crippen LogP contribution in [0.4, 0.5) is 0 Å². The topological polar surface area (TPSA) is 76.7 Å². The molecule has 1 saturated carbocycles. The summed E-state index contributed by atoms with van der Waals surface area (Å²) < 4.78 is 5.22. The van der Waals surface area contributed by atoms with E-state index >= 15 is 0 Å². The summed E-state index contributed by atoms with van der Waals surface area (Å²) in [7, 11) is 0. The molecule has 0 aliphatic heterocycles. The Kier molecular flexibility index (Phi) is 6.82. The second-order valence-corrected chi connectivity index (χ2v) is 6.44. The van der Waals surface area contributed by atoms with Crippen LogP contribution in [0.5, 0.6) is 0 Å². The zero-order valence-corrected chi connectivity index (χ0v) is 13.1. The van der Waals surface area contributed by atoms with Crippen molar-refractivity contribution in [2.75, 3.05) is 6.54 Å². The summed E-state index contributed by atoms with van der Waals surface area (Å²) in [4.78, 5) is 15.7. The molecule has 1 aliphatic rings. The van der Waals surface area contributed by atoms with Gasteiger partial charge in [0.25, 0.3) is 0 Å². The Morgan fingerprint density at radius 3 is 2.40 bits per heavy atom. The van der Waals surface area contributed by atoms with Crippen LogP contribution in [0.1, 0.15) is 65.7 Å². The SMILES string of the molecule is CC(C)(C)OC(=O)CCN=C(N)NC1CCCCCC1. The molecule has 0 amide bonds. The highest BCUT2D eigenvalue weighted by molar-refractivity contribution is 5.78. The Bertz CT molecular complexity index is 327. The molecule has 0 spiro atoms. The van der Waals surface area contributed by atoms with Crippen molar-refractivity contribution in [3.63, 3.8) is 0 Å². The van der Waals surface area contributed by atoms with E-state index < -0.39 is 5.60 Å². The highest BCUT2D eigenvalue weighted by Gasteiger charge is 2.16. The first kappa shape index (κ1) is 16.8. The Balaban J connectivity index is 2.25. The maximum atomic E-state index is 11.5. The molecule has 1 rings (SSSR count). The molecule has 1 fully saturated rings. The number of nitrogens with one attached hydrogen (secondary N) is 1. The van der Waals surface area contributed by atoms with Crippen LogP contribution in [0, 0.1) is 0 Å². The molecule has 0 aromatic rings. The maximum Gasteiger partial charge on any atom is 0.308 e. The number of aliphatic imine (C=N–C) groups is 1. The molecule has 0 heterocycles. The van der Waals surface area contributed by atoms with Crippen LogP contribution in [-0.2, 0) is 9.53 Å². The normalized spacial score (nSPS) is 18.4. The summed E-state index contributed by atoms with van der Waals surface area (Å²) in [5.74, 6) is 0.212. The summed E-state index contributed by atoms with van der Waals surface area (Å²) in [5, 5.41) is 3.26.